The third kappa shape index (κ3) is 3.09. The standard InChI is InChI=1S/C18H19ClN2O/c1-14(22)17-8-7-16(13-18(17)19)21-11-9-20(10-12-21)15-5-3-2-4-6-15/h2-8,13H,9-12H2,1H3. The Labute approximate surface area is 136 Å². The number of para-hydroxylation sites is 1. The molecule has 0 bridgehead atoms. The van der Waals surface area contributed by atoms with Gasteiger partial charge >= 0.3 is 0 Å². The molecule has 0 atom stereocenters. The first-order valence-corrected chi connectivity index (χ1v) is 7.88. The molecule has 3 rings (SSSR count). The third-order valence-corrected chi connectivity index (χ3v) is 4.41. The summed E-state index contributed by atoms with van der Waals surface area (Å²) in [7, 11) is 0. The number of anilines is 2. The van der Waals surface area contributed by atoms with Gasteiger partial charge in [-0.15, -0.1) is 0 Å². The Bertz CT molecular complexity index is 664. The Kier molecular flexibility index (Phi) is 4.34. The van der Waals surface area contributed by atoms with Crippen LogP contribution in [-0.4, -0.2) is 32.0 Å². The van der Waals surface area contributed by atoms with Crippen LogP contribution in [0.15, 0.2) is 48.5 Å². The normalized spacial score (nSPS) is 15.0. The fraction of sp³-hybridized carbons (Fsp3) is 0.278. The number of halogens is 1. The van der Waals surface area contributed by atoms with Crippen LogP contribution in [0, 0.1) is 0 Å². The number of piperazine rings is 1. The lowest BCUT2D eigenvalue weighted by atomic mass is 10.1. The summed E-state index contributed by atoms with van der Waals surface area (Å²) in [6, 6.07) is 16.2. The zero-order chi connectivity index (χ0) is 15.5. The van der Waals surface area contributed by atoms with Crippen LogP contribution in [-0.2, 0) is 0 Å². The van der Waals surface area contributed by atoms with Crippen molar-refractivity contribution in [1.82, 2.24) is 0 Å². The highest BCUT2D eigenvalue weighted by molar-refractivity contribution is 6.34. The highest BCUT2D eigenvalue weighted by Crippen LogP contribution is 2.26. The second-order valence-corrected chi connectivity index (χ2v) is 5.94. The Hall–Kier alpha value is -2.00. The van der Waals surface area contributed by atoms with Crippen molar-refractivity contribution in [3.8, 4) is 0 Å². The molecule has 0 N–H and O–H groups in total. The molecule has 0 radical (unpaired) electrons. The molecule has 1 saturated heterocycles. The van der Waals surface area contributed by atoms with Gasteiger partial charge < -0.3 is 9.80 Å². The molecule has 0 aliphatic carbocycles. The monoisotopic (exact) mass is 314 g/mol. The first-order valence-electron chi connectivity index (χ1n) is 7.50. The maximum absolute atomic E-state index is 11.4. The van der Waals surface area contributed by atoms with Gasteiger partial charge in [0, 0.05) is 43.1 Å². The number of carbonyl (C=O) groups is 1. The van der Waals surface area contributed by atoms with Crippen molar-refractivity contribution < 1.29 is 4.79 Å². The number of Topliss-reactive ketones (excluding diaryl/α,β-unsaturated/α-hetero) is 1. The molecule has 2 aromatic carbocycles. The molecule has 3 nitrogen and oxygen atoms in total. The molecule has 0 amide bonds. The molecular weight excluding hydrogens is 296 g/mol. The molecule has 22 heavy (non-hydrogen) atoms. The van der Waals surface area contributed by atoms with Crippen LogP contribution >= 0.6 is 11.6 Å². The minimum atomic E-state index is 0.00504. The first kappa shape index (κ1) is 14.9. The smallest absolute Gasteiger partial charge is 0.161 e. The molecule has 1 heterocycles. The molecule has 114 valence electrons. The van der Waals surface area contributed by atoms with E-state index in [0.717, 1.165) is 31.9 Å². The van der Waals surface area contributed by atoms with Crippen molar-refractivity contribution in [2.75, 3.05) is 36.0 Å². The van der Waals surface area contributed by atoms with Crippen molar-refractivity contribution in [3.63, 3.8) is 0 Å². The molecule has 0 aromatic heterocycles. The molecule has 1 aliphatic heterocycles. The molecule has 0 unspecified atom stereocenters. The van der Waals surface area contributed by atoms with E-state index in [1.54, 1.807) is 6.92 Å². The van der Waals surface area contributed by atoms with E-state index in [1.807, 2.05) is 24.3 Å². The zero-order valence-corrected chi connectivity index (χ0v) is 13.4. The van der Waals surface area contributed by atoms with Crippen molar-refractivity contribution in [3.05, 3.63) is 59.1 Å². The maximum atomic E-state index is 11.4. The summed E-state index contributed by atoms with van der Waals surface area (Å²) in [6.45, 7) is 5.40. The summed E-state index contributed by atoms with van der Waals surface area (Å²) in [5.74, 6) is 0.00504. The maximum Gasteiger partial charge on any atom is 0.161 e. The molecule has 1 fully saturated rings. The van der Waals surface area contributed by atoms with Crippen molar-refractivity contribution in [2.24, 2.45) is 0 Å². The summed E-state index contributed by atoms with van der Waals surface area (Å²) in [6.07, 6.45) is 0. The van der Waals surface area contributed by atoms with E-state index in [-0.39, 0.29) is 5.78 Å². The van der Waals surface area contributed by atoms with E-state index in [4.69, 9.17) is 11.6 Å². The molecular formula is C18H19ClN2O. The Morgan fingerprint density at radius 2 is 1.50 bits per heavy atom. The molecule has 1 aliphatic rings. The van der Waals surface area contributed by atoms with Gasteiger partial charge in [-0.1, -0.05) is 29.8 Å². The Balaban J connectivity index is 1.69. The van der Waals surface area contributed by atoms with Crippen LogP contribution < -0.4 is 9.80 Å². The quantitative estimate of drug-likeness (QED) is 0.804. The topological polar surface area (TPSA) is 23.6 Å². The van der Waals surface area contributed by atoms with Crippen LogP contribution in [0.3, 0.4) is 0 Å². The van der Waals surface area contributed by atoms with E-state index in [2.05, 4.69) is 34.1 Å². The summed E-state index contributed by atoms with van der Waals surface area (Å²) in [5.41, 5.74) is 2.95. The van der Waals surface area contributed by atoms with Gasteiger partial charge in [-0.25, -0.2) is 0 Å². The van der Waals surface area contributed by atoms with E-state index < -0.39 is 0 Å². The first-order chi connectivity index (χ1) is 10.6. The zero-order valence-electron chi connectivity index (χ0n) is 12.6. The average Bonchev–Trinajstić information content (AvgIpc) is 2.55. The van der Waals surface area contributed by atoms with Crippen LogP contribution in [0.4, 0.5) is 11.4 Å². The predicted octanol–water partition coefficient (Wildman–Crippen LogP) is 3.87. The number of ketones is 1. The number of carbonyl (C=O) groups excluding carboxylic acids is 1. The lowest BCUT2D eigenvalue weighted by molar-refractivity contribution is 0.101. The summed E-state index contributed by atoms with van der Waals surface area (Å²) < 4.78 is 0. The fourth-order valence-electron chi connectivity index (χ4n) is 2.85. The van der Waals surface area contributed by atoms with Gasteiger partial charge in [0.25, 0.3) is 0 Å². The molecule has 2 aromatic rings. The summed E-state index contributed by atoms with van der Waals surface area (Å²) in [5, 5.41) is 0.537. The van der Waals surface area contributed by atoms with E-state index >= 15 is 0 Å². The van der Waals surface area contributed by atoms with Gasteiger partial charge in [-0.05, 0) is 37.3 Å². The van der Waals surface area contributed by atoms with Crippen molar-refractivity contribution in [1.29, 1.82) is 0 Å². The van der Waals surface area contributed by atoms with Gasteiger partial charge in [-0.2, -0.15) is 0 Å². The third-order valence-electron chi connectivity index (χ3n) is 4.10. The largest absolute Gasteiger partial charge is 0.368 e. The van der Waals surface area contributed by atoms with E-state index in [9.17, 15) is 4.79 Å². The van der Waals surface area contributed by atoms with Gasteiger partial charge in [0.15, 0.2) is 5.78 Å². The van der Waals surface area contributed by atoms with Gasteiger partial charge in [0.2, 0.25) is 0 Å². The number of hydrogen-bond acceptors (Lipinski definition) is 3. The fourth-order valence-corrected chi connectivity index (χ4v) is 3.16. The highest BCUT2D eigenvalue weighted by atomic mass is 35.5. The van der Waals surface area contributed by atoms with Crippen LogP contribution in [0.25, 0.3) is 0 Å². The Morgan fingerprint density at radius 3 is 2.05 bits per heavy atom. The molecule has 4 heteroatoms. The lowest BCUT2D eigenvalue weighted by Crippen LogP contribution is -2.46. The minimum Gasteiger partial charge on any atom is -0.368 e. The number of nitrogens with zero attached hydrogens (tertiary/aromatic N) is 2. The highest BCUT2D eigenvalue weighted by Gasteiger charge is 2.18. The summed E-state index contributed by atoms with van der Waals surface area (Å²) in [4.78, 5) is 16.2. The van der Waals surface area contributed by atoms with Gasteiger partial charge in [-0.3, -0.25) is 4.79 Å². The van der Waals surface area contributed by atoms with Gasteiger partial charge in [0.1, 0.15) is 0 Å². The minimum absolute atomic E-state index is 0.00504. The van der Waals surface area contributed by atoms with Crippen molar-refractivity contribution in [2.45, 2.75) is 6.92 Å². The number of hydrogen-bond donors (Lipinski definition) is 0. The number of benzene rings is 2. The summed E-state index contributed by atoms with van der Waals surface area (Å²) >= 11 is 6.21. The second kappa shape index (κ2) is 6.41. The molecule has 0 spiro atoms. The van der Waals surface area contributed by atoms with E-state index in [0.29, 0.717) is 10.6 Å². The van der Waals surface area contributed by atoms with E-state index in [1.165, 1.54) is 5.69 Å². The van der Waals surface area contributed by atoms with Crippen LogP contribution in [0.2, 0.25) is 5.02 Å². The van der Waals surface area contributed by atoms with Crippen molar-refractivity contribution >= 4 is 28.8 Å². The second-order valence-electron chi connectivity index (χ2n) is 5.53. The number of rotatable bonds is 3. The van der Waals surface area contributed by atoms with Crippen LogP contribution in [0.1, 0.15) is 17.3 Å². The average molecular weight is 315 g/mol. The SMILES string of the molecule is CC(=O)c1ccc(N2CCN(c3ccccc3)CC2)cc1Cl. The Morgan fingerprint density at radius 1 is 0.909 bits per heavy atom. The van der Waals surface area contributed by atoms with Crippen LogP contribution in [0.5, 0.6) is 0 Å². The lowest BCUT2D eigenvalue weighted by Gasteiger charge is -2.37. The van der Waals surface area contributed by atoms with Gasteiger partial charge in [0.05, 0.1) is 5.02 Å². The molecule has 0 saturated carbocycles. The predicted molar refractivity (Wildman–Crippen MR) is 92.3 cm³/mol.